The van der Waals surface area contributed by atoms with Gasteiger partial charge in [0.05, 0.1) is 12.0 Å². The predicted octanol–water partition coefficient (Wildman–Crippen LogP) is 1.95. The van der Waals surface area contributed by atoms with Gasteiger partial charge in [0, 0.05) is 6.42 Å². The lowest BCUT2D eigenvalue weighted by Crippen LogP contribution is -2.13. The zero-order valence-corrected chi connectivity index (χ0v) is 11.0. The van der Waals surface area contributed by atoms with E-state index in [9.17, 15) is 14.0 Å². The average molecular weight is 295 g/mol. The lowest BCUT2D eigenvalue weighted by atomic mass is 10.2. The number of carboxylic acid groups (broad SMARTS) is 1. The second kappa shape index (κ2) is 6.20. The third-order valence-electron chi connectivity index (χ3n) is 2.36. The molecule has 1 aromatic carbocycles. The predicted molar refractivity (Wildman–Crippen MR) is 70.2 cm³/mol. The van der Waals surface area contributed by atoms with E-state index in [-0.39, 0.29) is 23.5 Å². The van der Waals surface area contributed by atoms with Crippen LogP contribution in [0.1, 0.15) is 21.8 Å². The van der Waals surface area contributed by atoms with Crippen molar-refractivity contribution in [3.8, 4) is 0 Å². The molecule has 2 N–H and O–H groups in total. The van der Waals surface area contributed by atoms with Crippen LogP contribution in [0.4, 0.5) is 9.52 Å². The van der Waals surface area contributed by atoms with Crippen molar-refractivity contribution >= 4 is 28.3 Å². The normalized spacial score (nSPS) is 10.2. The summed E-state index contributed by atoms with van der Waals surface area (Å²) in [7, 11) is 0. The van der Waals surface area contributed by atoms with Gasteiger partial charge in [-0.05, 0) is 12.1 Å². The summed E-state index contributed by atoms with van der Waals surface area (Å²) < 4.78 is 13.4. The molecule has 0 spiro atoms. The Kier molecular flexibility index (Phi) is 4.36. The summed E-state index contributed by atoms with van der Waals surface area (Å²) in [5.74, 6) is -2.18. The maximum absolute atomic E-state index is 13.4. The molecule has 0 radical (unpaired) electrons. The molecule has 2 aromatic rings. The van der Waals surface area contributed by atoms with Gasteiger partial charge in [0.2, 0.25) is 5.13 Å². The number of halogens is 1. The number of nitrogens with one attached hydrogen (secondary N) is 1. The Hall–Kier alpha value is -2.35. The van der Waals surface area contributed by atoms with Crippen molar-refractivity contribution in [1.29, 1.82) is 0 Å². The van der Waals surface area contributed by atoms with E-state index in [1.165, 1.54) is 18.2 Å². The zero-order valence-electron chi connectivity index (χ0n) is 10.2. The molecular weight excluding hydrogens is 285 g/mol. The number of carbonyl (C=O) groups excluding carboxylic acids is 1. The van der Waals surface area contributed by atoms with E-state index in [4.69, 9.17) is 5.11 Å². The Labute approximate surface area is 117 Å². The molecule has 0 aliphatic rings. The van der Waals surface area contributed by atoms with Gasteiger partial charge >= 0.3 is 5.97 Å². The minimum atomic E-state index is -0.933. The largest absolute Gasteiger partial charge is 0.481 e. The van der Waals surface area contributed by atoms with E-state index in [0.717, 1.165) is 11.3 Å². The number of anilines is 1. The molecule has 1 heterocycles. The van der Waals surface area contributed by atoms with E-state index in [1.807, 2.05) is 0 Å². The fraction of sp³-hybridized carbons (Fsp3) is 0.167. The summed E-state index contributed by atoms with van der Waals surface area (Å²) in [5.41, 5.74) is -0.0882. The molecule has 0 aliphatic heterocycles. The molecule has 8 heteroatoms. The van der Waals surface area contributed by atoms with Gasteiger partial charge in [-0.1, -0.05) is 23.5 Å². The van der Waals surface area contributed by atoms with Gasteiger partial charge in [-0.15, -0.1) is 10.2 Å². The Morgan fingerprint density at radius 2 is 2.05 bits per heavy atom. The van der Waals surface area contributed by atoms with E-state index in [1.54, 1.807) is 6.07 Å². The van der Waals surface area contributed by atoms with E-state index >= 15 is 0 Å². The van der Waals surface area contributed by atoms with Crippen LogP contribution >= 0.6 is 11.3 Å². The number of rotatable bonds is 5. The van der Waals surface area contributed by atoms with Crippen LogP contribution in [0.5, 0.6) is 0 Å². The SMILES string of the molecule is O=C(O)CCc1nnc(NC(=O)c2ccccc2F)s1. The maximum atomic E-state index is 13.4. The topological polar surface area (TPSA) is 92.2 Å². The van der Waals surface area contributed by atoms with Crippen LogP contribution in [-0.2, 0) is 11.2 Å². The first-order valence-electron chi connectivity index (χ1n) is 5.66. The van der Waals surface area contributed by atoms with Crippen LogP contribution in [0, 0.1) is 5.82 Å². The number of aromatic nitrogens is 2. The first-order chi connectivity index (χ1) is 9.56. The first kappa shape index (κ1) is 14.1. The second-order valence-electron chi connectivity index (χ2n) is 3.83. The monoisotopic (exact) mass is 295 g/mol. The van der Waals surface area contributed by atoms with Crippen molar-refractivity contribution in [3.05, 3.63) is 40.7 Å². The highest BCUT2D eigenvalue weighted by Crippen LogP contribution is 2.18. The summed E-state index contributed by atoms with van der Waals surface area (Å²) >= 11 is 1.06. The number of hydrogen-bond acceptors (Lipinski definition) is 5. The van der Waals surface area contributed by atoms with Crippen molar-refractivity contribution in [1.82, 2.24) is 10.2 Å². The van der Waals surface area contributed by atoms with Gasteiger partial charge in [0.1, 0.15) is 10.8 Å². The van der Waals surface area contributed by atoms with Crippen LogP contribution in [0.2, 0.25) is 0 Å². The van der Waals surface area contributed by atoms with Gasteiger partial charge in [0.15, 0.2) is 0 Å². The maximum Gasteiger partial charge on any atom is 0.303 e. The summed E-state index contributed by atoms with van der Waals surface area (Å²) in [6.45, 7) is 0. The van der Waals surface area contributed by atoms with Crippen molar-refractivity contribution in [2.45, 2.75) is 12.8 Å². The number of aliphatic carboxylic acids is 1. The fourth-order valence-electron chi connectivity index (χ4n) is 1.43. The third kappa shape index (κ3) is 3.58. The molecule has 0 bridgehead atoms. The number of carbonyl (C=O) groups is 2. The molecule has 0 atom stereocenters. The van der Waals surface area contributed by atoms with E-state index in [2.05, 4.69) is 15.5 Å². The molecule has 0 aliphatic carbocycles. The first-order valence-corrected chi connectivity index (χ1v) is 6.48. The van der Waals surface area contributed by atoms with E-state index < -0.39 is 17.7 Å². The number of amides is 1. The van der Waals surface area contributed by atoms with Gasteiger partial charge in [-0.25, -0.2) is 4.39 Å². The van der Waals surface area contributed by atoms with Gasteiger partial charge in [-0.3, -0.25) is 14.9 Å². The number of carboxylic acids is 1. The number of aryl methyl sites for hydroxylation is 1. The summed E-state index contributed by atoms with van der Waals surface area (Å²) in [6, 6.07) is 5.59. The van der Waals surface area contributed by atoms with Crippen molar-refractivity contribution in [3.63, 3.8) is 0 Å². The van der Waals surface area contributed by atoms with Gasteiger partial charge in [0.25, 0.3) is 5.91 Å². The van der Waals surface area contributed by atoms with Crippen LogP contribution in [0.15, 0.2) is 24.3 Å². The Balaban J connectivity index is 2.02. The summed E-state index contributed by atoms with van der Waals surface area (Å²) in [6.07, 6.45) is 0.179. The minimum absolute atomic E-state index is 0.0596. The van der Waals surface area contributed by atoms with Gasteiger partial charge < -0.3 is 5.11 Å². The minimum Gasteiger partial charge on any atom is -0.481 e. The Morgan fingerprint density at radius 3 is 2.75 bits per heavy atom. The molecule has 1 amide bonds. The third-order valence-corrected chi connectivity index (χ3v) is 3.26. The van der Waals surface area contributed by atoms with Crippen molar-refractivity contribution in [2.24, 2.45) is 0 Å². The molecule has 6 nitrogen and oxygen atoms in total. The van der Waals surface area contributed by atoms with Crippen LogP contribution in [-0.4, -0.2) is 27.2 Å². The van der Waals surface area contributed by atoms with Gasteiger partial charge in [-0.2, -0.15) is 0 Å². The van der Waals surface area contributed by atoms with Crippen molar-refractivity contribution in [2.75, 3.05) is 5.32 Å². The molecule has 0 unspecified atom stereocenters. The highest BCUT2D eigenvalue weighted by molar-refractivity contribution is 7.15. The molecule has 104 valence electrons. The molecule has 0 fully saturated rings. The second-order valence-corrected chi connectivity index (χ2v) is 4.89. The number of hydrogen-bond donors (Lipinski definition) is 2. The fourth-order valence-corrected chi connectivity index (χ4v) is 2.16. The standard InChI is InChI=1S/C12H10FN3O3S/c13-8-4-2-1-3-7(8)11(19)14-12-16-15-9(20-12)5-6-10(17)18/h1-4H,5-6H2,(H,17,18)(H,14,16,19). The highest BCUT2D eigenvalue weighted by atomic mass is 32.1. The highest BCUT2D eigenvalue weighted by Gasteiger charge is 2.13. The molecule has 1 aromatic heterocycles. The Morgan fingerprint density at radius 1 is 1.30 bits per heavy atom. The van der Waals surface area contributed by atoms with Crippen molar-refractivity contribution < 1.29 is 19.1 Å². The number of benzene rings is 1. The summed E-state index contributed by atoms with van der Waals surface area (Å²) in [4.78, 5) is 22.2. The smallest absolute Gasteiger partial charge is 0.303 e. The molecular formula is C12H10FN3O3S. The lowest BCUT2D eigenvalue weighted by Gasteiger charge is -2.01. The van der Waals surface area contributed by atoms with Crippen LogP contribution < -0.4 is 5.32 Å². The van der Waals surface area contributed by atoms with Crippen LogP contribution in [0.3, 0.4) is 0 Å². The van der Waals surface area contributed by atoms with E-state index in [0.29, 0.717) is 5.01 Å². The quantitative estimate of drug-likeness (QED) is 0.879. The van der Waals surface area contributed by atoms with Crippen LogP contribution in [0.25, 0.3) is 0 Å². The molecule has 2 rings (SSSR count). The Bertz CT molecular complexity index is 644. The molecule has 20 heavy (non-hydrogen) atoms. The summed E-state index contributed by atoms with van der Waals surface area (Å²) in [5, 5.41) is 19.1. The lowest BCUT2D eigenvalue weighted by molar-refractivity contribution is -0.136. The molecule has 0 saturated heterocycles. The molecule has 0 saturated carbocycles. The number of nitrogens with zero attached hydrogens (tertiary/aromatic N) is 2. The average Bonchev–Trinajstić information content (AvgIpc) is 2.84. The zero-order chi connectivity index (χ0) is 14.5.